The summed E-state index contributed by atoms with van der Waals surface area (Å²) < 4.78 is 0. The van der Waals surface area contributed by atoms with Gasteiger partial charge in [0, 0.05) is 38.4 Å². The van der Waals surface area contributed by atoms with Crippen molar-refractivity contribution in [2.45, 2.75) is 38.8 Å². The first-order chi connectivity index (χ1) is 9.86. The summed E-state index contributed by atoms with van der Waals surface area (Å²) in [5.74, 6) is 1.15. The van der Waals surface area contributed by atoms with Crippen LogP contribution in [0.15, 0.2) is 18.3 Å². The Morgan fingerprint density at radius 1 is 1.30 bits per heavy atom. The summed E-state index contributed by atoms with van der Waals surface area (Å²) in [5, 5.41) is 3.42. The van der Waals surface area contributed by atoms with E-state index in [1.165, 1.54) is 37.9 Å². The molecule has 2 aliphatic heterocycles. The van der Waals surface area contributed by atoms with Crippen molar-refractivity contribution >= 4 is 5.82 Å². The van der Waals surface area contributed by atoms with E-state index in [9.17, 15) is 0 Å². The first kappa shape index (κ1) is 13.8. The van der Waals surface area contributed by atoms with Crippen molar-refractivity contribution in [3.05, 3.63) is 23.9 Å². The van der Waals surface area contributed by atoms with Gasteiger partial charge in [-0.05, 0) is 44.0 Å². The number of rotatable bonds is 5. The normalized spacial score (nSPS) is 23.1. The van der Waals surface area contributed by atoms with Crippen molar-refractivity contribution in [2.24, 2.45) is 0 Å². The number of nitrogens with zero attached hydrogens (tertiary/aromatic N) is 3. The van der Waals surface area contributed by atoms with Gasteiger partial charge in [0.05, 0.1) is 0 Å². The van der Waals surface area contributed by atoms with Gasteiger partial charge in [0.2, 0.25) is 0 Å². The highest BCUT2D eigenvalue weighted by Crippen LogP contribution is 2.24. The molecule has 110 valence electrons. The summed E-state index contributed by atoms with van der Waals surface area (Å²) in [6, 6.07) is 5.16. The van der Waals surface area contributed by atoms with Crippen LogP contribution in [0.4, 0.5) is 5.82 Å². The minimum atomic E-state index is 0.761. The Hall–Kier alpha value is -1.13. The van der Waals surface area contributed by atoms with E-state index in [0.29, 0.717) is 0 Å². The van der Waals surface area contributed by atoms with Gasteiger partial charge in [-0.1, -0.05) is 13.0 Å². The van der Waals surface area contributed by atoms with Crippen molar-refractivity contribution in [3.63, 3.8) is 0 Å². The molecule has 0 aliphatic carbocycles. The van der Waals surface area contributed by atoms with E-state index in [1.54, 1.807) is 0 Å². The summed E-state index contributed by atoms with van der Waals surface area (Å²) in [7, 11) is 0. The van der Waals surface area contributed by atoms with E-state index >= 15 is 0 Å². The molecule has 0 saturated carbocycles. The van der Waals surface area contributed by atoms with Crippen molar-refractivity contribution in [3.8, 4) is 0 Å². The van der Waals surface area contributed by atoms with Gasteiger partial charge in [0.1, 0.15) is 5.82 Å². The van der Waals surface area contributed by atoms with E-state index in [0.717, 1.165) is 38.0 Å². The van der Waals surface area contributed by atoms with Crippen molar-refractivity contribution < 1.29 is 0 Å². The maximum atomic E-state index is 4.66. The molecule has 0 bridgehead atoms. The van der Waals surface area contributed by atoms with Crippen LogP contribution in [-0.2, 0) is 6.54 Å². The van der Waals surface area contributed by atoms with Gasteiger partial charge in [-0.25, -0.2) is 4.98 Å². The maximum absolute atomic E-state index is 4.66. The molecule has 1 atom stereocenters. The van der Waals surface area contributed by atoms with Crippen molar-refractivity contribution in [1.82, 2.24) is 15.2 Å². The van der Waals surface area contributed by atoms with Crippen LogP contribution in [0.25, 0.3) is 0 Å². The Labute approximate surface area is 122 Å². The first-order valence-electron chi connectivity index (χ1n) is 8.01. The highest BCUT2D eigenvalue weighted by molar-refractivity contribution is 5.40. The van der Waals surface area contributed by atoms with Crippen LogP contribution < -0.4 is 10.2 Å². The minimum absolute atomic E-state index is 0.761. The molecule has 3 heterocycles. The minimum Gasteiger partial charge on any atom is -0.354 e. The molecular weight excluding hydrogens is 248 g/mol. The van der Waals surface area contributed by atoms with Gasteiger partial charge in [0.15, 0.2) is 0 Å². The zero-order valence-electron chi connectivity index (χ0n) is 12.5. The Balaban J connectivity index is 1.57. The van der Waals surface area contributed by atoms with Gasteiger partial charge >= 0.3 is 0 Å². The quantitative estimate of drug-likeness (QED) is 0.831. The second kappa shape index (κ2) is 6.55. The average Bonchev–Trinajstić information content (AvgIpc) is 2.96. The molecule has 0 amide bonds. The number of pyridine rings is 1. The molecule has 1 unspecified atom stereocenters. The Morgan fingerprint density at radius 3 is 3.05 bits per heavy atom. The Bertz CT molecular complexity index is 417. The van der Waals surface area contributed by atoms with Crippen molar-refractivity contribution in [1.29, 1.82) is 0 Å². The summed E-state index contributed by atoms with van der Waals surface area (Å²) >= 11 is 0. The Kier molecular flexibility index (Phi) is 4.53. The lowest BCUT2D eigenvalue weighted by Crippen LogP contribution is -2.50. The molecular formula is C16H26N4. The molecule has 3 rings (SSSR count). The molecule has 4 nitrogen and oxygen atoms in total. The molecule has 0 aromatic carbocycles. The number of aromatic nitrogens is 1. The third-order valence-corrected chi connectivity index (χ3v) is 4.48. The first-order valence-corrected chi connectivity index (χ1v) is 8.01. The zero-order valence-corrected chi connectivity index (χ0v) is 12.5. The number of hydrogen-bond acceptors (Lipinski definition) is 4. The van der Waals surface area contributed by atoms with E-state index < -0.39 is 0 Å². The molecule has 1 N–H and O–H groups in total. The summed E-state index contributed by atoms with van der Waals surface area (Å²) in [4.78, 5) is 9.76. The Morgan fingerprint density at radius 2 is 2.25 bits per heavy atom. The topological polar surface area (TPSA) is 31.4 Å². The van der Waals surface area contributed by atoms with Crippen LogP contribution in [0.1, 0.15) is 31.7 Å². The van der Waals surface area contributed by atoms with Crippen molar-refractivity contribution in [2.75, 3.05) is 37.6 Å². The van der Waals surface area contributed by atoms with Gasteiger partial charge < -0.3 is 10.2 Å². The van der Waals surface area contributed by atoms with Gasteiger partial charge in [-0.2, -0.15) is 0 Å². The zero-order chi connectivity index (χ0) is 13.8. The smallest absolute Gasteiger partial charge is 0.128 e. The van der Waals surface area contributed by atoms with E-state index in [-0.39, 0.29) is 0 Å². The number of nitrogens with one attached hydrogen (secondary N) is 1. The molecule has 0 spiro atoms. The maximum Gasteiger partial charge on any atom is 0.128 e. The average molecular weight is 274 g/mol. The van der Waals surface area contributed by atoms with Gasteiger partial charge in [0.25, 0.3) is 0 Å². The third kappa shape index (κ3) is 3.13. The lowest BCUT2D eigenvalue weighted by atomic mass is 10.1. The fraction of sp³-hybridized carbons (Fsp3) is 0.688. The fourth-order valence-electron chi connectivity index (χ4n) is 3.32. The summed E-state index contributed by atoms with van der Waals surface area (Å²) in [5.41, 5.74) is 1.28. The van der Waals surface area contributed by atoms with E-state index in [1.807, 2.05) is 6.20 Å². The van der Waals surface area contributed by atoms with Crippen LogP contribution in [0, 0.1) is 0 Å². The standard InChI is InChI=1S/C16H26N4/c1-2-7-17-11-14-5-6-16(18-12-14)20-10-9-19-8-3-4-15(19)13-20/h5-6,12,15,17H,2-4,7-11,13H2,1H3. The lowest BCUT2D eigenvalue weighted by molar-refractivity contribution is 0.230. The molecule has 20 heavy (non-hydrogen) atoms. The molecule has 1 aromatic rings. The fourth-order valence-corrected chi connectivity index (χ4v) is 3.32. The van der Waals surface area contributed by atoms with E-state index in [2.05, 4.69) is 39.2 Å². The second-order valence-corrected chi connectivity index (χ2v) is 5.98. The molecule has 2 saturated heterocycles. The highest BCUT2D eigenvalue weighted by atomic mass is 15.3. The highest BCUT2D eigenvalue weighted by Gasteiger charge is 2.30. The van der Waals surface area contributed by atoms with Gasteiger partial charge in [-0.15, -0.1) is 0 Å². The van der Waals surface area contributed by atoms with Gasteiger partial charge in [-0.3, -0.25) is 4.90 Å². The lowest BCUT2D eigenvalue weighted by Gasteiger charge is -2.38. The monoisotopic (exact) mass is 274 g/mol. The number of anilines is 1. The molecule has 0 radical (unpaired) electrons. The predicted octanol–water partition coefficient (Wildman–Crippen LogP) is 1.87. The van der Waals surface area contributed by atoms with Crippen LogP contribution in [-0.4, -0.2) is 48.6 Å². The summed E-state index contributed by atoms with van der Waals surface area (Å²) in [6.45, 7) is 8.97. The number of piperazine rings is 1. The molecule has 1 aromatic heterocycles. The van der Waals surface area contributed by atoms with Crippen LogP contribution >= 0.6 is 0 Å². The molecule has 2 aliphatic rings. The largest absolute Gasteiger partial charge is 0.354 e. The number of hydrogen-bond donors (Lipinski definition) is 1. The molecule has 2 fully saturated rings. The van der Waals surface area contributed by atoms with Crippen LogP contribution in [0.5, 0.6) is 0 Å². The number of fused-ring (bicyclic) bond motifs is 1. The summed E-state index contributed by atoms with van der Waals surface area (Å²) in [6.07, 6.45) is 5.93. The predicted molar refractivity (Wildman–Crippen MR) is 83.0 cm³/mol. The van der Waals surface area contributed by atoms with Crippen LogP contribution in [0.2, 0.25) is 0 Å². The van der Waals surface area contributed by atoms with E-state index in [4.69, 9.17) is 0 Å². The second-order valence-electron chi connectivity index (χ2n) is 5.98. The SMILES string of the molecule is CCCNCc1ccc(N2CCN3CCCC3C2)nc1. The third-order valence-electron chi connectivity index (χ3n) is 4.48. The molecule has 4 heteroatoms. The van der Waals surface area contributed by atoms with Crippen LogP contribution in [0.3, 0.4) is 0 Å².